The zero-order valence-electron chi connectivity index (χ0n) is 7.00. The highest BCUT2D eigenvalue weighted by molar-refractivity contribution is 7.71. The second kappa shape index (κ2) is 2.08. The highest BCUT2D eigenvalue weighted by Gasteiger charge is 2.74. The molecule has 13 heavy (non-hydrogen) atoms. The molecule has 0 bridgehead atoms. The van der Waals surface area contributed by atoms with Crippen LogP contribution >= 0.6 is 24.4 Å². The molecule has 2 aliphatic rings. The maximum Gasteiger partial charge on any atom is 0.200 e. The molecule has 1 aromatic rings. The van der Waals surface area contributed by atoms with Crippen molar-refractivity contribution in [2.24, 2.45) is 0 Å². The highest BCUT2D eigenvalue weighted by Crippen LogP contribution is 2.59. The first kappa shape index (κ1) is 7.78. The first-order chi connectivity index (χ1) is 6.12. The molecule has 0 radical (unpaired) electrons. The smallest absolute Gasteiger partial charge is 0.200 e. The normalized spacial score (nSPS) is 39.8. The molecule has 4 nitrogen and oxygen atoms in total. The van der Waals surface area contributed by atoms with Gasteiger partial charge in [-0.25, -0.2) is 4.98 Å². The average Bonchev–Trinajstić information content (AvgIpc) is 2.88. The van der Waals surface area contributed by atoms with Crippen molar-refractivity contribution in [3.8, 4) is 0 Å². The van der Waals surface area contributed by atoms with Crippen LogP contribution in [0.3, 0.4) is 0 Å². The lowest BCUT2D eigenvalue weighted by Crippen LogP contribution is -2.23. The Morgan fingerprint density at radius 1 is 1.54 bits per heavy atom. The van der Waals surface area contributed by atoms with Gasteiger partial charge in [0.25, 0.3) is 0 Å². The van der Waals surface area contributed by atoms with E-state index in [0.717, 1.165) is 5.82 Å². The average molecular weight is 212 g/mol. The summed E-state index contributed by atoms with van der Waals surface area (Å²) < 4.78 is 1.02. The fourth-order valence-electron chi connectivity index (χ4n) is 1.85. The second-order valence-corrected chi connectivity index (χ2v) is 4.46. The number of nitrogens with zero attached hydrogens (tertiary/aromatic N) is 2. The van der Waals surface area contributed by atoms with Crippen molar-refractivity contribution in [2.45, 2.75) is 18.5 Å². The molecule has 3 unspecified atom stereocenters. The van der Waals surface area contributed by atoms with E-state index in [-0.39, 0.29) is 5.54 Å². The molecule has 2 aliphatic heterocycles. The van der Waals surface area contributed by atoms with E-state index in [1.54, 1.807) is 0 Å². The van der Waals surface area contributed by atoms with Gasteiger partial charge in [-0.2, -0.15) is 0 Å². The number of H-pyrrole nitrogens is 2. The molecule has 0 aliphatic carbocycles. The van der Waals surface area contributed by atoms with E-state index in [1.807, 2.05) is 0 Å². The minimum atomic E-state index is 0.0935. The molecule has 2 fully saturated rings. The van der Waals surface area contributed by atoms with Crippen LogP contribution in [0.1, 0.15) is 12.7 Å². The van der Waals surface area contributed by atoms with E-state index in [2.05, 4.69) is 26.8 Å². The molecule has 1 aromatic heterocycles. The zero-order valence-corrected chi connectivity index (χ0v) is 8.63. The Labute approximate surface area is 85.0 Å². The maximum absolute atomic E-state index is 5.00. The number of fused-ring (bicyclic) bond motifs is 1. The van der Waals surface area contributed by atoms with Gasteiger partial charge < -0.3 is 9.97 Å². The molecule has 0 spiro atoms. The van der Waals surface area contributed by atoms with Crippen molar-refractivity contribution in [2.75, 3.05) is 6.54 Å². The van der Waals surface area contributed by atoms with E-state index in [9.17, 15) is 0 Å². The van der Waals surface area contributed by atoms with Gasteiger partial charge in [0, 0.05) is 12.6 Å². The maximum atomic E-state index is 5.00. The van der Waals surface area contributed by atoms with Crippen LogP contribution in [0.5, 0.6) is 0 Å². The second-order valence-electron chi connectivity index (χ2n) is 3.66. The number of rotatable bonds is 1. The Bertz CT molecular complexity index is 452. The van der Waals surface area contributed by atoms with E-state index in [1.165, 1.54) is 6.54 Å². The lowest BCUT2D eigenvalue weighted by atomic mass is 10.0. The standard InChI is InChI=1S/C7H8N4S2/c1-7(3-2-11(3)7)4-8-5(12)10-6(13)9-4/h3H,2H2,1H3,(H2,8,9,10,12,13). The van der Waals surface area contributed by atoms with Crippen molar-refractivity contribution in [1.29, 1.82) is 0 Å². The first-order valence-electron chi connectivity index (χ1n) is 4.10. The summed E-state index contributed by atoms with van der Waals surface area (Å²) in [5, 5.41) is 0. The highest BCUT2D eigenvalue weighted by atomic mass is 32.1. The van der Waals surface area contributed by atoms with Crippen LogP contribution in [-0.2, 0) is 5.54 Å². The van der Waals surface area contributed by atoms with Crippen LogP contribution in [-0.4, -0.2) is 32.4 Å². The third-order valence-electron chi connectivity index (χ3n) is 2.94. The zero-order chi connectivity index (χ0) is 9.22. The van der Waals surface area contributed by atoms with Gasteiger partial charge in [0.15, 0.2) is 4.77 Å². The Morgan fingerprint density at radius 2 is 2.23 bits per heavy atom. The van der Waals surface area contributed by atoms with Gasteiger partial charge in [-0.1, -0.05) is 0 Å². The van der Waals surface area contributed by atoms with Crippen LogP contribution in [0.2, 0.25) is 0 Å². The Hall–Kier alpha value is -0.590. The van der Waals surface area contributed by atoms with Crippen molar-refractivity contribution in [3.05, 3.63) is 15.4 Å². The summed E-state index contributed by atoms with van der Waals surface area (Å²) in [5.41, 5.74) is 0.0935. The van der Waals surface area contributed by atoms with Crippen molar-refractivity contribution in [1.82, 2.24) is 19.9 Å². The predicted molar refractivity (Wildman–Crippen MR) is 52.5 cm³/mol. The van der Waals surface area contributed by atoms with Crippen LogP contribution in [0, 0.1) is 9.54 Å². The third-order valence-corrected chi connectivity index (χ3v) is 3.33. The van der Waals surface area contributed by atoms with E-state index in [0.29, 0.717) is 15.6 Å². The van der Waals surface area contributed by atoms with Gasteiger partial charge in [-0.3, -0.25) is 4.90 Å². The van der Waals surface area contributed by atoms with Crippen LogP contribution in [0.15, 0.2) is 0 Å². The molecular formula is C7H8N4S2. The van der Waals surface area contributed by atoms with E-state index >= 15 is 0 Å². The summed E-state index contributed by atoms with van der Waals surface area (Å²) in [4.78, 5) is 12.4. The quantitative estimate of drug-likeness (QED) is 0.541. The summed E-state index contributed by atoms with van der Waals surface area (Å²) in [6, 6.07) is 0.669. The molecule has 2 N–H and O–H groups in total. The van der Waals surface area contributed by atoms with Crippen LogP contribution in [0.25, 0.3) is 0 Å². The Balaban J connectivity index is 2.15. The number of hydrogen-bond donors (Lipinski definition) is 2. The van der Waals surface area contributed by atoms with E-state index in [4.69, 9.17) is 24.4 Å². The minimum absolute atomic E-state index is 0.0935. The molecular weight excluding hydrogens is 204 g/mol. The summed E-state index contributed by atoms with van der Waals surface area (Å²) >= 11 is 9.97. The molecule has 0 amide bonds. The van der Waals surface area contributed by atoms with Gasteiger partial charge in [0.2, 0.25) is 4.77 Å². The Morgan fingerprint density at radius 3 is 2.69 bits per heavy atom. The molecule has 68 valence electrons. The fourth-order valence-corrected chi connectivity index (χ4v) is 2.30. The number of hydrogen-bond acceptors (Lipinski definition) is 4. The number of aromatic amines is 2. The van der Waals surface area contributed by atoms with Gasteiger partial charge in [0.1, 0.15) is 5.82 Å². The summed E-state index contributed by atoms with van der Waals surface area (Å²) in [5.74, 6) is 0.900. The summed E-state index contributed by atoms with van der Waals surface area (Å²) in [7, 11) is 0. The summed E-state index contributed by atoms with van der Waals surface area (Å²) in [6.45, 7) is 3.34. The monoisotopic (exact) mass is 212 g/mol. The lowest BCUT2D eigenvalue weighted by Gasteiger charge is -2.13. The van der Waals surface area contributed by atoms with Gasteiger partial charge in [-0.05, 0) is 31.4 Å². The van der Waals surface area contributed by atoms with Crippen LogP contribution in [0.4, 0.5) is 0 Å². The SMILES string of the molecule is CC1(c2nc(=S)[nH]c(=S)[nH]2)C2CN21. The number of nitrogens with one attached hydrogen (secondary N) is 2. The van der Waals surface area contributed by atoms with E-state index < -0.39 is 0 Å². The van der Waals surface area contributed by atoms with Crippen molar-refractivity contribution < 1.29 is 0 Å². The molecule has 3 atom stereocenters. The fraction of sp³-hybridized carbons (Fsp3) is 0.571. The van der Waals surface area contributed by atoms with Crippen molar-refractivity contribution >= 4 is 24.4 Å². The lowest BCUT2D eigenvalue weighted by molar-refractivity contribution is 0.454. The molecule has 3 rings (SSSR count). The number of aromatic nitrogens is 3. The third kappa shape index (κ3) is 0.905. The molecule has 0 aromatic carbocycles. The van der Waals surface area contributed by atoms with Gasteiger partial charge >= 0.3 is 0 Å². The van der Waals surface area contributed by atoms with Crippen LogP contribution < -0.4 is 0 Å². The predicted octanol–water partition coefficient (Wildman–Crippen LogP) is 1.11. The topological polar surface area (TPSA) is 47.5 Å². The molecule has 3 heterocycles. The molecule has 0 saturated carbocycles. The summed E-state index contributed by atoms with van der Waals surface area (Å²) in [6.07, 6.45) is 0. The van der Waals surface area contributed by atoms with Crippen molar-refractivity contribution in [3.63, 3.8) is 0 Å². The molecule has 6 heteroatoms. The molecule has 2 saturated heterocycles. The largest absolute Gasteiger partial charge is 0.319 e. The first-order valence-corrected chi connectivity index (χ1v) is 4.92. The minimum Gasteiger partial charge on any atom is -0.319 e. The van der Waals surface area contributed by atoms with Gasteiger partial charge in [0.05, 0.1) is 5.54 Å². The Kier molecular flexibility index (Phi) is 1.24. The van der Waals surface area contributed by atoms with Gasteiger partial charge in [-0.15, -0.1) is 0 Å².